The van der Waals surface area contributed by atoms with E-state index in [1.54, 1.807) is 0 Å². The maximum absolute atomic E-state index is 4.27. The van der Waals surface area contributed by atoms with Crippen LogP contribution in [0.5, 0.6) is 0 Å². The van der Waals surface area contributed by atoms with E-state index in [-0.39, 0.29) is 32.7 Å². The molecular weight excluding hydrogens is 283 g/mol. The Morgan fingerprint density at radius 2 is 1.47 bits per heavy atom. The third-order valence-corrected chi connectivity index (χ3v) is 3.06. The van der Waals surface area contributed by atoms with Crippen molar-refractivity contribution in [3.05, 3.63) is 40.0 Å². The van der Waals surface area contributed by atoms with Gasteiger partial charge in [0.15, 0.2) is 0 Å². The molecule has 17 heavy (non-hydrogen) atoms. The Balaban J connectivity index is 0.00000256. The molecule has 1 aromatic rings. The zero-order chi connectivity index (χ0) is 12.3. The fraction of sp³-hybridized carbons (Fsp3) is 0.400. The van der Waals surface area contributed by atoms with E-state index in [0.29, 0.717) is 0 Å². The summed E-state index contributed by atoms with van der Waals surface area (Å²) in [6.45, 7) is 12.3. The fourth-order valence-electron chi connectivity index (χ4n) is 1.92. The zero-order valence-electron chi connectivity index (χ0n) is 11.6. The topological polar surface area (TPSA) is 12.4 Å². The molecule has 0 aliphatic heterocycles. The van der Waals surface area contributed by atoms with Gasteiger partial charge in [-0.1, -0.05) is 31.0 Å². The number of allylic oxidation sites excluding steroid dienone is 1. The van der Waals surface area contributed by atoms with Crippen LogP contribution in [0.4, 0.5) is 0 Å². The monoisotopic (exact) mass is 302 g/mol. The molecule has 0 unspecified atom stereocenters. The summed E-state index contributed by atoms with van der Waals surface area (Å²) in [6, 6.07) is 2.22. The van der Waals surface area contributed by atoms with Crippen LogP contribution in [-0.4, -0.2) is 6.21 Å². The van der Waals surface area contributed by atoms with Crippen molar-refractivity contribution in [3.8, 4) is 0 Å². The first-order chi connectivity index (χ1) is 7.52. The van der Waals surface area contributed by atoms with Crippen LogP contribution in [0, 0.1) is 33.8 Å². The minimum Gasteiger partial charge on any atom is -0.494 e. The van der Waals surface area contributed by atoms with E-state index in [9.17, 15) is 0 Å². The fourth-order valence-corrected chi connectivity index (χ4v) is 1.92. The minimum absolute atomic E-state index is 0. The number of hydrogen-bond acceptors (Lipinski definition) is 1. The summed E-state index contributed by atoms with van der Waals surface area (Å²) in [4.78, 5) is 4.27. The number of aliphatic imine (C=N–C) groups is 1. The third-order valence-electron chi connectivity index (χ3n) is 3.06. The molecule has 0 bridgehead atoms. The van der Waals surface area contributed by atoms with Gasteiger partial charge in [0.1, 0.15) is 0 Å². The second-order valence-corrected chi connectivity index (χ2v) is 4.07. The van der Waals surface area contributed by atoms with E-state index in [2.05, 4.69) is 51.0 Å². The molecule has 0 aliphatic rings. The smallest absolute Gasteiger partial charge is 0 e. The molecule has 0 aromatic heterocycles. The Labute approximate surface area is 130 Å². The first-order valence-electron chi connectivity index (χ1n) is 5.52. The quantitative estimate of drug-likeness (QED) is 0.577. The Kier molecular flexibility index (Phi) is 7.12. The first-order valence-corrected chi connectivity index (χ1v) is 5.52. The summed E-state index contributed by atoms with van der Waals surface area (Å²) in [5.41, 5.74) is 7.27. The zero-order valence-corrected chi connectivity index (χ0v) is 14.4. The molecule has 1 rings (SSSR count). The SMILES string of the molecule is C[C-]=NC(=[C-]C)c1c(C)c(C)cc(C)c1C.[Y]. The normalized spacial score (nSPS) is 11.8. The molecule has 1 radical (unpaired) electrons. The summed E-state index contributed by atoms with van der Waals surface area (Å²) in [6.07, 6.45) is 5.98. The van der Waals surface area contributed by atoms with Gasteiger partial charge in [-0.05, 0) is 13.8 Å². The molecule has 1 aromatic carbocycles. The number of aryl methyl sites for hydroxylation is 2. The molecule has 0 amide bonds. The number of hydrogen-bond donors (Lipinski definition) is 0. The van der Waals surface area contributed by atoms with E-state index < -0.39 is 0 Å². The first kappa shape index (κ1) is 16.7. The minimum atomic E-state index is 0. The van der Waals surface area contributed by atoms with Gasteiger partial charge >= 0.3 is 0 Å². The molecular formula is C15H19NY-2. The van der Waals surface area contributed by atoms with Crippen molar-refractivity contribution < 1.29 is 32.7 Å². The van der Waals surface area contributed by atoms with Crippen LogP contribution in [0.3, 0.4) is 0 Å². The number of benzene rings is 1. The van der Waals surface area contributed by atoms with E-state index in [0.717, 1.165) is 5.70 Å². The van der Waals surface area contributed by atoms with Crippen molar-refractivity contribution in [1.29, 1.82) is 0 Å². The van der Waals surface area contributed by atoms with Crippen molar-refractivity contribution in [3.63, 3.8) is 0 Å². The van der Waals surface area contributed by atoms with Crippen molar-refractivity contribution in [1.82, 2.24) is 0 Å². The van der Waals surface area contributed by atoms with Crippen LogP contribution in [0.1, 0.15) is 41.7 Å². The van der Waals surface area contributed by atoms with Gasteiger partial charge < -0.3 is 11.1 Å². The van der Waals surface area contributed by atoms with Gasteiger partial charge in [-0.2, -0.15) is 6.21 Å². The van der Waals surface area contributed by atoms with Crippen LogP contribution in [0.15, 0.2) is 11.1 Å². The maximum Gasteiger partial charge on any atom is 0 e. The van der Waals surface area contributed by atoms with Gasteiger partial charge in [-0.3, -0.25) is 5.70 Å². The molecule has 0 spiro atoms. The van der Waals surface area contributed by atoms with E-state index in [4.69, 9.17) is 0 Å². The summed E-state index contributed by atoms with van der Waals surface area (Å²) in [5.74, 6) is 0. The maximum atomic E-state index is 4.27. The summed E-state index contributed by atoms with van der Waals surface area (Å²) >= 11 is 0. The van der Waals surface area contributed by atoms with Crippen molar-refractivity contribution in [2.45, 2.75) is 41.5 Å². The van der Waals surface area contributed by atoms with Crippen LogP contribution in [0.2, 0.25) is 0 Å². The molecule has 0 heterocycles. The third kappa shape index (κ3) is 3.59. The molecule has 2 heteroatoms. The largest absolute Gasteiger partial charge is 0.494 e. The van der Waals surface area contributed by atoms with Gasteiger partial charge in [0.2, 0.25) is 0 Å². The van der Waals surface area contributed by atoms with Gasteiger partial charge in [-0.15, -0.1) is 25.0 Å². The summed E-state index contributed by atoms with van der Waals surface area (Å²) in [7, 11) is 0. The van der Waals surface area contributed by atoms with E-state index in [1.807, 2.05) is 13.8 Å². The molecule has 0 aliphatic carbocycles. The van der Waals surface area contributed by atoms with Crippen molar-refractivity contribution >= 4 is 11.9 Å². The Bertz CT molecular complexity index is 430. The Hall–Kier alpha value is -0.266. The van der Waals surface area contributed by atoms with Crippen LogP contribution in [0.25, 0.3) is 5.70 Å². The summed E-state index contributed by atoms with van der Waals surface area (Å²) in [5, 5.41) is 0. The number of nitrogens with zero attached hydrogens (tertiary/aromatic N) is 1. The Morgan fingerprint density at radius 1 is 1.00 bits per heavy atom. The molecule has 0 N–H and O–H groups in total. The average Bonchev–Trinajstić information content (AvgIpc) is 2.25. The average molecular weight is 302 g/mol. The van der Waals surface area contributed by atoms with Gasteiger partial charge in [0.25, 0.3) is 0 Å². The molecule has 0 fully saturated rings. The number of rotatable bonds is 2. The van der Waals surface area contributed by atoms with Gasteiger partial charge in [0, 0.05) is 32.7 Å². The van der Waals surface area contributed by atoms with E-state index in [1.165, 1.54) is 27.8 Å². The van der Waals surface area contributed by atoms with Crippen LogP contribution >= 0.6 is 0 Å². The van der Waals surface area contributed by atoms with Crippen LogP contribution in [-0.2, 0) is 32.7 Å². The molecule has 0 saturated heterocycles. The standard InChI is InChI=1S/C15H19N.Y/c1-7-14(16-8-2)15-12(5)10(3)9-11(4)13(15)6;/h9H,1-6H3;/q-2;. The molecule has 89 valence electrons. The summed E-state index contributed by atoms with van der Waals surface area (Å²) < 4.78 is 0. The second kappa shape index (κ2) is 7.23. The van der Waals surface area contributed by atoms with Crippen molar-refractivity contribution in [2.24, 2.45) is 4.99 Å². The van der Waals surface area contributed by atoms with Gasteiger partial charge in [0.05, 0.1) is 0 Å². The predicted octanol–water partition coefficient (Wildman–Crippen LogP) is 4.05. The van der Waals surface area contributed by atoms with Crippen LogP contribution < -0.4 is 0 Å². The molecule has 1 nitrogen and oxygen atoms in total. The van der Waals surface area contributed by atoms with Crippen molar-refractivity contribution in [2.75, 3.05) is 0 Å². The van der Waals surface area contributed by atoms with E-state index >= 15 is 0 Å². The Morgan fingerprint density at radius 3 is 1.82 bits per heavy atom. The predicted molar refractivity (Wildman–Crippen MR) is 70.8 cm³/mol. The molecule has 0 atom stereocenters. The second-order valence-electron chi connectivity index (χ2n) is 4.07. The molecule has 0 saturated carbocycles. The van der Waals surface area contributed by atoms with Gasteiger partial charge in [-0.25, -0.2) is 5.56 Å².